The fourth-order valence-corrected chi connectivity index (χ4v) is 3.22. The minimum atomic E-state index is -0.483. The van der Waals surface area contributed by atoms with Gasteiger partial charge in [-0.2, -0.15) is 5.10 Å². The maximum atomic E-state index is 12.9. The first-order chi connectivity index (χ1) is 14.5. The highest BCUT2D eigenvalue weighted by Gasteiger charge is 2.37. The zero-order valence-electron chi connectivity index (χ0n) is 16.1. The van der Waals surface area contributed by atoms with Crippen LogP contribution in [0.2, 0.25) is 0 Å². The molecule has 1 atom stereocenters. The van der Waals surface area contributed by atoms with Crippen LogP contribution < -0.4 is 10.2 Å². The molecule has 3 aromatic rings. The molecule has 1 aromatic heterocycles. The van der Waals surface area contributed by atoms with Crippen molar-refractivity contribution in [2.75, 3.05) is 11.5 Å². The quantitative estimate of drug-likeness (QED) is 0.596. The highest BCUT2D eigenvalue weighted by Crippen LogP contribution is 2.29. The first-order valence-corrected chi connectivity index (χ1v) is 9.34. The lowest BCUT2D eigenvalue weighted by Gasteiger charge is -2.14. The minimum absolute atomic E-state index is 0.177. The number of rotatable bonds is 6. The predicted molar refractivity (Wildman–Crippen MR) is 107 cm³/mol. The van der Waals surface area contributed by atoms with Crippen molar-refractivity contribution in [2.24, 2.45) is 0 Å². The molecule has 30 heavy (non-hydrogen) atoms. The summed E-state index contributed by atoms with van der Waals surface area (Å²) in [5, 5.41) is 15.8. The molecule has 152 valence electrons. The van der Waals surface area contributed by atoms with Crippen molar-refractivity contribution in [1.29, 1.82) is 0 Å². The van der Waals surface area contributed by atoms with Crippen molar-refractivity contribution >= 4 is 23.4 Å². The van der Waals surface area contributed by atoms with Crippen LogP contribution in [0.3, 0.4) is 0 Å². The summed E-state index contributed by atoms with van der Waals surface area (Å²) in [4.78, 5) is 43.0. The number of carbonyl (C=O) groups is 3. The fourth-order valence-electron chi connectivity index (χ4n) is 3.22. The summed E-state index contributed by atoms with van der Waals surface area (Å²) < 4.78 is 1.67. The van der Waals surface area contributed by atoms with E-state index in [1.165, 1.54) is 24.5 Å². The fraction of sp³-hybridized carbons (Fsp3) is 0.190. The van der Waals surface area contributed by atoms with Crippen LogP contribution in [0.1, 0.15) is 43.6 Å². The molecule has 9 nitrogen and oxygen atoms in total. The Morgan fingerprint density at radius 2 is 1.83 bits per heavy atom. The van der Waals surface area contributed by atoms with E-state index in [0.717, 1.165) is 10.5 Å². The van der Waals surface area contributed by atoms with Crippen LogP contribution in [0.25, 0.3) is 0 Å². The third kappa shape index (κ3) is 3.58. The number of nitrogens with zero attached hydrogens (tertiary/aromatic N) is 4. The van der Waals surface area contributed by atoms with E-state index >= 15 is 0 Å². The van der Waals surface area contributed by atoms with Gasteiger partial charge < -0.3 is 10.4 Å². The van der Waals surface area contributed by atoms with Gasteiger partial charge >= 0.3 is 0 Å². The van der Waals surface area contributed by atoms with Crippen molar-refractivity contribution in [2.45, 2.75) is 19.5 Å². The highest BCUT2D eigenvalue weighted by atomic mass is 16.3. The molecule has 0 radical (unpaired) electrons. The Morgan fingerprint density at radius 1 is 1.10 bits per heavy atom. The Hall–Kier alpha value is -3.85. The number of nitrogens with one attached hydrogen (secondary N) is 1. The van der Waals surface area contributed by atoms with Crippen LogP contribution in [-0.2, 0) is 6.54 Å². The highest BCUT2D eigenvalue weighted by molar-refractivity contribution is 6.34. The van der Waals surface area contributed by atoms with E-state index in [2.05, 4.69) is 15.4 Å². The molecular weight excluding hydrogens is 386 g/mol. The number of aliphatic hydroxyl groups excluding tert-OH is 1. The molecule has 2 N–H and O–H groups in total. The summed E-state index contributed by atoms with van der Waals surface area (Å²) >= 11 is 0. The minimum Gasteiger partial charge on any atom is -0.394 e. The summed E-state index contributed by atoms with van der Waals surface area (Å²) in [6, 6.07) is 11.0. The number of aliphatic hydroxyl groups is 1. The van der Waals surface area contributed by atoms with Gasteiger partial charge in [-0.3, -0.25) is 14.4 Å². The second-order valence-electron chi connectivity index (χ2n) is 7.02. The van der Waals surface area contributed by atoms with Gasteiger partial charge in [0.05, 0.1) is 30.0 Å². The van der Waals surface area contributed by atoms with Crippen molar-refractivity contribution in [3.63, 3.8) is 0 Å². The average Bonchev–Trinajstić information content (AvgIpc) is 3.35. The van der Waals surface area contributed by atoms with Gasteiger partial charge in [0.2, 0.25) is 0 Å². The number of hydrogen-bond donors (Lipinski definition) is 2. The summed E-state index contributed by atoms with van der Waals surface area (Å²) in [5.41, 5.74) is 2.07. The average molecular weight is 405 g/mol. The SMILES string of the molecule is CC(CO)NC(=O)c1ccc2c(c1)C(=O)N(c1ccc(Cn3cncn3)cc1)C2=O. The van der Waals surface area contributed by atoms with E-state index in [1.807, 2.05) is 12.1 Å². The van der Waals surface area contributed by atoms with Crippen LogP contribution in [0.5, 0.6) is 0 Å². The Bertz CT molecular complexity index is 1110. The molecule has 1 aliphatic rings. The van der Waals surface area contributed by atoms with Crippen LogP contribution in [0, 0.1) is 0 Å². The van der Waals surface area contributed by atoms with Gasteiger partial charge in [-0.1, -0.05) is 12.1 Å². The number of carbonyl (C=O) groups excluding carboxylic acids is 3. The summed E-state index contributed by atoms with van der Waals surface area (Å²) in [7, 11) is 0. The Balaban J connectivity index is 1.56. The first kappa shape index (κ1) is 19.5. The Morgan fingerprint density at radius 3 is 2.50 bits per heavy atom. The zero-order valence-corrected chi connectivity index (χ0v) is 16.1. The van der Waals surface area contributed by atoms with Crippen LogP contribution >= 0.6 is 0 Å². The predicted octanol–water partition coefficient (Wildman–Crippen LogP) is 1.24. The van der Waals surface area contributed by atoms with E-state index in [1.54, 1.807) is 30.1 Å². The first-order valence-electron chi connectivity index (χ1n) is 9.34. The molecule has 0 bridgehead atoms. The van der Waals surface area contributed by atoms with Crippen LogP contribution in [-0.4, -0.2) is 50.2 Å². The molecule has 3 amide bonds. The second kappa shape index (κ2) is 7.88. The van der Waals surface area contributed by atoms with E-state index < -0.39 is 23.8 Å². The van der Waals surface area contributed by atoms with E-state index in [0.29, 0.717) is 12.2 Å². The number of amides is 3. The normalized spacial score (nSPS) is 14.0. The molecule has 0 fully saturated rings. The topological polar surface area (TPSA) is 117 Å². The Kier molecular flexibility index (Phi) is 5.11. The zero-order chi connectivity index (χ0) is 21.3. The largest absolute Gasteiger partial charge is 0.394 e. The molecular formula is C21H19N5O4. The molecule has 0 saturated heterocycles. The molecule has 0 spiro atoms. The van der Waals surface area contributed by atoms with Gasteiger partial charge in [-0.05, 0) is 42.8 Å². The number of anilines is 1. The second-order valence-corrected chi connectivity index (χ2v) is 7.02. The number of imide groups is 1. The molecule has 0 aliphatic carbocycles. The van der Waals surface area contributed by atoms with Crippen LogP contribution in [0.4, 0.5) is 5.69 Å². The lowest BCUT2D eigenvalue weighted by Crippen LogP contribution is -2.35. The van der Waals surface area contributed by atoms with Gasteiger partial charge in [0, 0.05) is 11.6 Å². The molecule has 2 aromatic carbocycles. The van der Waals surface area contributed by atoms with Crippen molar-refractivity contribution in [3.05, 3.63) is 77.4 Å². The lowest BCUT2D eigenvalue weighted by molar-refractivity contribution is 0.0915. The van der Waals surface area contributed by atoms with Gasteiger partial charge in [0.1, 0.15) is 12.7 Å². The van der Waals surface area contributed by atoms with E-state index in [4.69, 9.17) is 5.11 Å². The number of benzene rings is 2. The van der Waals surface area contributed by atoms with Gasteiger partial charge in [0.25, 0.3) is 17.7 Å². The maximum absolute atomic E-state index is 12.9. The molecule has 2 heterocycles. The monoisotopic (exact) mass is 405 g/mol. The van der Waals surface area contributed by atoms with Crippen molar-refractivity contribution < 1.29 is 19.5 Å². The third-order valence-corrected chi connectivity index (χ3v) is 4.81. The summed E-state index contributed by atoms with van der Waals surface area (Å²) in [6.07, 6.45) is 3.05. The van der Waals surface area contributed by atoms with E-state index in [-0.39, 0.29) is 23.3 Å². The van der Waals surface area contributed by atoms with Gasteiger partial charge in [-0.15, -0.1) is 0 Å². The summed E-state index contributed by atoms with van der Waals surface area (Å²) in [5.74, 6) is -1.34. The Labute approximate surface area is 172 Å². The summed E-state index contributed by atoms with van der Waals surface area (Å²) in [6.45, 7) is 1.98. The molecule has 9 heteroatoms. The maximum Gasteiger partial charge on any atom is 0.266 e. The lowest BCUT2D eigenvalue weighted by atomic mass is 10.1. The van der Waals surface area contributed by atoms with Gasteiger partial charge in [0.15, 0.2) is 0 Å². The number of hydrogen-bond acceptors (Lipinski definition) is 6. The van der Waals surface area contributed by atoms with Crippen LogP contribution in [0.15, 0.2) is 55.1 Å². The van der Waals surface area contributed by atoms with Crippen molar-refractivity contribution in [1.82, 2.24) is 20.1 Å². The smallest absolute Gasteiger partial charge is 0.266 e. The molecule has 1 aliphatic heterocycles. The third-order valence-electron chi connectivity index (χ3n) is 4.81. The molecule has 4 rings (SSSR count). The molecule has 0 saturated carbocycles. The number of aromatic nitrogens is 3. The molecule has 1 unspecified atom stereocenters. The van der Waals surface area contributed by atoms with E-state index in [9.17, 15) is 14.4 Å². The van der Waals surface area contributed by atoms with Crippen molar-refractivity contribution in [3.8, 4) is 0 Å². The van der Waals surface area contributed by atoms with Gasteiger partial charge in [-0.25, -0.2) is 14.6 Å². The standard InChI is InChI=1S/C21H19N5O4/c1-13(10-27)24-19(28)15-4-7-17-18(8-15)21(30)26(20(17)29)16-5-2-14(3-6-16)9-25-12-22-11-23-25/h2-8,11-13,27H,9-10H2,1H3,(H,24,28). The number of fused-ring (bicyclic) bond motifs is 1.